The second-order valence-corrected chi connectivity index (χ2v) is 6.36. The molecule has 0 radical (unpaired) electrons. The van der Waals surface area contributed by atoms with Crippen LogP contribution >= 0.6 is 35.8 Å². The van der Waals surface area contributed by atoms with E-state index in [9.17, 15) is 4.79 Å². The molecular weight excluding hydrogens is 399 g/mol. The Labute approximate surface area is 170 Å². The highest BCUT2D eigenvalue weighted by Gasteiger charge is 2.18. The third kappa shape index (κ3) is 12.6. The molecule has 0 saturated carbocycles. The van der Waals surface area contributed by atoms with Crippen LogP contribution in [0.2, 0.25) is 0 Å². The molecule has 0 unspecified atom stereocenters. The van der Waals surface area contributed by atoms with Gasteiger partial charge in [-0.1, -0.05) is 48.5 Å². The van der Waals surface area contributed by atoms with Gasteiger partial charge in [-0.15, -0.1) is 16.9 Å². The molecule has 0 aliphatic heterocycles. The number of halogens is 3. The molecule has 0 bridgehead atoms. The SMILES string of the molecule is CC(C)(C)N(Cl)Nc1ccccc1.Cl.O=C(Cl)c1ccccc1.O=CO. The Kier molecular flexibility index (Phi) is 14.6. The van der Waals surface area contributed by atoms with Gasteiger partial charge in [0.2, 0.25) is 0 Å². The molecule has 0 amide bonds. The van der Waals surface area contributed by atoms with E-state index in [1.807, 2.05) is 57.2 Å². The lowest BCUT2D eigenvalue weighted by Crippen LogP contribution is -2.37. The Bertz CT molecular complexity index is 621. The van der Waals surface area contributed by atoms with Crippen LogP contribution in [0.3, 0.4) is 0 Å². The average Bonchev–Trinajstić information content (AvgIpc) is 2.57. The lowest BCUT2D eigenvalue weighted by Gasteiger charge is -2.29. The van der Waals surface area contributed by atoms with Crippen LogP contribution in [0, 0.1) is 0 Å². The molecule has 0 atom stereocenters. The molecule has 0 aromatic heterocycles. The van der Waals surface area contributed by atoms with Crippen LogP contribution < -0.4 is 5.43 Å². The molecule has 0 aliphatic rings. The number of hydrogen-bond acceptors (Lipinski definition) is 4. The maximum atomic E-state index is 10.4. The third-order valence-electron chi connectivity index (χ3n) is 2.59. The maximum Gasteiger partial charge on any atom is 0.290 e. The normalized spacial score (nSPS) is 9.46. The van der Waals surface area contributed by atoms with Crippen molar-refractivity contribution >= 4 is 53.2 Å². The van der Waals surface area contributed by atoms with Crippen LogP contribution in [0.15, 0.2) is 60.7 Å². The van der Waals surface area contributed by atoms with Gasteiger partial charge in [-0.25, -0.2) is 0 Å². The first-order valence-electron chi connectivity index (χ1n) is 7.32. The van der Waals surface area contributed by atoms with Crippen molar-refractivity contribution < 1.29 is 14.7 Å². The number of carbonyl (C=O) groups is 2. The molecule has 2 N–H and O–H groups in total. The molecule has 0 saturated heterocycles. The van der Waals surface area contributed by atoms with Crippen LogP contribution in [-0.2, 0) is 4.79 Å². The summed E-state index contributed by atoms with van der Waals surface area (Å²) in [4.78, 5) is 18.8. The van der Waals surface area contributed by atoms with E-state index in [0.717, 1.165) is 5.69 Å². The van der Waals surface area contributed by atoms with Gasteiger partial charge in [0.25, 0.3) is 11.7 Å². The van der Waals surface area contributed by atoms with E-state index in [0.29, 0.717) is 5.56 Å². The summed E-state index contributed by atoms with van der Waals surface area (Å²) in [6.45, 7) is 5.86. The number of rotatable bonds is 3. The van der Waals surface area contributed by atoms with Crippen molar-refractivity contribution in [2.45, 2.75) is 26.3 Å². The van der Waals surface area contributed by atoms with E-state index in [2.05, 4.69) is 5.43 Å². The fourth-order valence-electron chi connectivity index (χ4n) is 1.36. The number of carboxylic acid groups (broad SMARTS) is 1. The quantitative estimate of drug-likeness (QED) is 0.298. The van der Waals surface area contributed by atoms with Gasteiger partial charge in [-0.2, -0.15) is 0 Å². The zero-order chi connectivity index (χ0) is 19.3. The van der Waals surface area contributed by atoms with Gasteiger partial charge in [0.05, 0.1) is 5.69 Å². The van der Waals surface area contributed by atoms with Crippen LogP contribution in [-0.4, -0.2) is 26.9 Å². The van der Waals surface area contributed by atoms with Crippen LogP contribution in [0.5, 0.6) is 0 Å². The second-order valence-electron chi connectivity index (χ2n) is 5.67. The summed E-state index contributed by atoms with van der Waals surface area (Å²) in [6.07, 6.45) is 0. The first-order chi connectivity index (χ1) is 11.7. The summed E-state index contributed by atoms with van der Waals surface area (Å²) in [6, 6.07) is 18.6. The molecule has 2 rings (SSSR count). The summed E-state index contributed by atoms with van der Waals surface area (Å²) >= 11 is 11.2. The van der Waals surface area contributed by atoms with E-state index in [4.69, 9.17) is 33.3 Å². The van der Waals surface area contributed by atoms with Gasteiger partial charge in [-0.05, 0) is 44.5 Å². The molecule has 2 aromatic carbocycles. The van der Waals surface area contributed by atoms with Gasteiger partial charge in [0.1, 0.15) is 0 Å². The van der Waals surface area contributed by atoms with Gasteiger partial charge in [0.15, 0.2) is 0 Å². The van der Waals surface area contributed by atoms with Crippen LogP contribution in [0.1, 0.15) is 31.1 Å². The predicted octanol–water partition coefficient (Wildman–Crippen LogP) is 5.46. The Morgan fingerprint density at radius 1 is 1.04 bits per heavy atom. The number of nitrogens with zero attached hydrogens (tertiary/aromatic N) is 1. The molecule has 0 spiro atoms. The number of hydrazine groups is 1. The van der Waals surface area contributed by atoms with Crippen molar-refractivity contribution in [2.75, 3.05) is 5.43 Å². The van der Waals surface area contributed by atoms with E-state index in [1.165, 1.54) is 0 Å². The van der Waals surface area contributed by atoms with Crippen molar-refractivity contribution in [3.63, 3.8) is 0 Å². The molecule has 5 nitrogen and oxygen atoms in total. The fraction of sp³-hybridized carbons (Fsp3) is 0.222. The number of para-hydroxylation sites is 1. The number of nitrogens with one attached hydrogen (secondary N) is 1. The minimum atomic E-state index is -0.407. The topological polar surface area (TPSA) is 69.6 Å². The van der Waals surface area contributed by atoms with Crippen molar-refractivity contribution in [1.29, 1.82) is 0 Å². The summed E-state index contributed by atoms with van der Waals surface area (Å²) in [7, 11) is 0. The molecule has 0 fully saturated rings. The lowest BCUT2D eigenvalue weighted by atomic mass is 10.1. The highest BCUT2D eigenvalue weighted by Crippen LogP contribution is 2.17. The maximum absolute atomic E-state index is 10.4. The summed E-state index contributed by atoms with van der Waals surface area (Å²) < 4.78 is 1.57. The van der Waals surface area contributed by atoms with Crippen molar-refractivity contribution in [2.24, 2.45) is 0 Å². The molecular formula is C18H23Cl3N2O3. The zero-order valence-corrected chi connectivity index (χ0v) is 17.1. The molecule has 144 valence electrons. The number of carbonyl (C=O) groups excluding carboxylic acids is 1. The Balaban J connectivity index is 0. The molecule has 2 aromatic rings. The van der Waals surface area contributed by atoms with Crippen LogP contribution in [0.4, 0.5) is 5.69 Å². The smallest absolute Gasteiger partial charge is 0.290 e. The molecule has 8 heteroatoms. The first kappa shape index (κ1) is 26.4. The lowest BCUT2D eigenvalue weighted by molar-refractivity contribution is -0.122. The average molecular weight is 422 g/mol. The Morgan fingerprint density at radius 3 is 1.73 bits per heavy atom. The number of hydrogen-bond donors (Lipinski definition) is 2. The van der Waals surface area contributed by atoms with E-state index >= 15 is 0 Å². The Morgan fingerprint density at radius 2 is 1.42 bits per heavy atom. The monoisotopic (exact) mass is 420 g/mol. The van der Waals surface area contributed by atoms with E-state index < -0.39 is 5.24 Å². The van der Waals surface area contributed by atoms with Crippen LogP contribution in [0.25, 0.3) is 0 Å². The van der Waals surface area contributed by atoms with Gasteiger partial charge in [-0.3, -0.25) is 9.59 Å². The van der Waals surface area contributed by atoms with Gasteiger partial charge in [0, 0.05) is 22.9 Å². The summed E-state index contributed by atoms with van der Waals surface area (Å²) in [5.41, 5.74) is 4.51. The second kappa shape index (κ2) is 14.4. The van der Waals surface area contributed by atoms with Crippen molar-refractivity contribution in [1.82, 2.24) is 4.53 Å². The third-order valence-corrected chi connectivity index (χ3v) is 3.40. The van der Waals surface area contributed by atoms with Gasteiger partial charge >= 0.3 is 0 Å². The number of anilines is 1. The minimum Gasteiger partial charge on any atom is -0.483 e. The van der Waals surface area contributed by atoms with Gasteiger partial charge < -0.3 is 10.5 Å². The first-order valence-corrected chi connectivity index (χ1v) is 8.04. The Hall–Kier alpha value is -1.79. The van der Waals surface area contributed by atoms with Crippen molar-refractivity contribution in [3.05, 3.63) is 66.2 Å². The molecule has 0 heterocycles. The highest BCUT2D eigenvalue weighted by molar-refractivity contribution is 6.67. The van der Waals surface area contributed by atoms with E-state index in [1.54, 1.807) is 28.8 Å². The fourth-order valence-corrected chi connectivity index (χ4v) is 1.59. The summed E-state index contributed by atoms with van der Waals surface area (Å²) in [5.74, 6) is 0. The van der Waals surface area contributed by atoms with E-state index in [-0.39, 0.29) is 24.4 Å². The predicted molar refractivity (Wildman–Crippen MR) is 110 cm³/mol. The van der Waals surface area contributed by atoms with Crippen molar-refractivity contribution in [3.8, 4) is 0 Å². The highest BCUT2D eigenvalue weighted by atomic mass is 35.5. The standard InChI is InChI=1S/C10H15ClN2.C7H5ClO.CH2O2.ClH/c1-10(2,3)13(11)12-9-7-5-4-6-8-9;8-7(9)6-4-2-1-3-5-6;2-1-3;/h4-8,12H,1-3H3;1-5H;1H,(H,2,3);1H. The zero-order valence-electron chi connectivity index (χ0n) is 14.7. The molecule has 26 heavy (non-hydrogen) atoms. The molecule has 0 aliphatic carbocycles. The summed E-state index contributed by atoms with van der Waals surface area (Å²) in [5, 5.41) is 6.48. The largest absolute Gasteiger partial charge is 0.483 e. The number of benzene rings is 2. The minimum absolute atomic E-state index is 0.